The van der Waals surface area contributed by atoms with Gasteiger partial charge in [-0.05, 0) is 44.3 Å². The third-order valence-electron chi connectivity index (χ3n) is 3.33. The van der Waals surface area contributed by atoms with Gasteiger partial charge < -0.3 is 0 Å². The minimum Gasteiger partial charge on any atom is -0.291 e. The molecule has 16 heavy (non-hydrogen) atoms. The summed E-state index contributed by atoms with van der Waals surface area (Å²) in [6.45, 7) is 5.69. The van der Waals surface area contributed by atoms with Crippen molar-refractivity contribution in [3.05, 3.63) is 18.0 Å². The van der Waals surface area contributed by atoms with Gasteiger partial charge in [0, 0.05) is 12.7 Å². The second-order valence-corrected chi connectivity index (χ2v) is 4.34. The van der Waals surface area contributed by atoms with Crippen LogP contribution in [-0.4, -0.2) is 34.3 Å². The minimum absolute atomic E-state index is 0.570. The van der Waals surface area contributed by atoms with Gasteiger partial charge in [0.15, 0.2) is 0 Å². The average molecular weight is 218 g/mol. The molecule has 0 saturated carbocycles. The van der Waals surface area contributed by atoms with E-state index in [1.165, 1.54) is 5.56 Å². The number of nitriles is 1. The highest BCUT2D eigenvalue weighted by molar-refractivity contribution is 5.12. The molecule has 1 aromatic heterocycles. The quantitative estimate of drug-likeness (QED) is 0.724. The number of rotatable bonds is 3. The summed E-state index contributed by atoms with van der Waals surface area (Å²) in [5.74, 6) is 0.634. The van der Waals surface area contributed by atoms with Crippen molar-refractivity contribution < 1.29 is 0 Å². The van der Waals surface area contributed by atoms with Crippen LogP contribution in [0.1, 0.15) is 31.2 Å². The minimum atomic E-state index is 0.570. The first kappa shape index (κ1) is 11.2. The first-order valence-electron chi connectivity index (χ1n) is 5.95. The summed E-state index contributed by atoms with van der Waals surface area (Å²) >= 11 is 0. The van der Waals surface area contributed by atoms with E-state index < -0.39 is 0 Å². The summed E-state index contributed by atoms with van der Waals surface area (Å²) in [5.41, 5.74) is 1.36. The van der Waals surface area contributed by atoms with Gasteiger partial charge in [-0.1, -0.05) is 0 Å². The molecule has 0 aliphatic carbocycles. The summed E-state index contributed by atoms with van der Waals surface area (Å²) in [4.78, 5) is 2.22. The lowest BCUT2D eigenvalue weighted by molar-refractivity contribution is 0.235. The molecule has 1 saturated heterocycles. The molecule has 0 atom stereocenters. The molecule has 0 radical (unpaired) electrons. The molecule has 0 bridgehead atoms. The number of aryl methyl sites for hydroxylation is 1. The molecule has 1 fully saturated rings. The summed E-state index contributed by atoms with van der Waals surface area (Å²) in [5, 5.41) is 12.9. The number of hydrogen-bond acceptors (Lipinski definition) is 3. The smallest absolute Gasteiger partial charge is 0.0865 e. The maximum absolute atomic E-state index is 8.63. The van der Waals surface area contributed by atoms with E-state index in [1.807, 2.05) is 10.9 Å². The Labute approximate surface area is 96.5 Å². The van der Waals surface area contributed by atoms with Crippen molar-refractivity contribution in [2.24, 2.45) is 0 Å². The molecular weight excluding hydrogens is 200 g/mol. The Hall–Kier alpha value is -1.34. The number of likely N-dealkylation sites (tertiary alicyclic amines) is 1. The molecule has 2 rings (SSSR count). The lowest BCUT2D eigenvalue weighted by atomic mass is 9.92. The summed E-state index contributed by atoms with van der Waals surface area (Å²) in [6, 6.07) is 2.21. The Kier molecular flexibility index (Phi) is 3.58. The van der Waals surface area contributed by atoms with E-state index in [0.29, 0.717) is 12.5 Å². The third-order valence-corrected chi connectivity index (χ3v) is 3.33. The van der Waals surface area contributed by atoms with Crippen LogP contribution in [0.2, 0.25) is 0 Å². The van der Waals surface area contributed by atoms with E-state index in [9.17, 15) is 0 Å². The molecule has 0 N–H and O–H groups in total. The molecule has 0 amide bonds. The first-order chi connectivity index (χ1) is 7.83. The second-order valence-electron chi connectivity index (χ2n) is 4.34. The lowest BCUT2D eigenvalue weighted by Crippen LogP contribution is -2.33. The fourth-order valence-corrected chi connectivity index (χ4v) is 2.29. The Bertz CT molecular complexity index is 369. The van der Waals surface area contributed by atoms with E-state index in [-0.39, 0.29) is 0 Å². The Morgan fingerprint density at radius 2 is 2.25 bits per heavy atom. The normalized spacial score (nSPS) is 18.5. The van der Waals surface area contributed by atoms with Gasteiger partial charge in [0.25, 0.3) is 0 Å². The molecule has 1 aliphatic heterocycles. The van der Waals surface area contributed by atoms with Crippen LogP contribution in [-0.2, 0) is 6.54 Å². The van der Waals surface area contributed by atoms with Gasteiger partial charge in [0.2, 0.25) is 0 Å². The topological polar surface area (TPSA) is 44.9 Å². The van der Waals surface area contributed by atoms with Crippen LogP contribution in [0.15, 0.2) is 12.4 Å². The van der Waals surface area contributed by atoms with Crippen LogP contribution < -0.4 is 0 Å². The van der Waals surface area contributed by atoms with E-state index in [0.717, 1.165) is 32.5 Å². The number of piperidine rings is 1. The highest BCUT2D eigenvalue weighted by Crippen LogP contribution is 2.27. The summed E-state index contributed by atoms with van der Waals surface area (Å²) in [6.07, 6.45) is 6.45. The Morgan fingerprint density at radius 1 is 1.50 bits per heavy atom. The van der Waals surface area contributed by atoms with Crippen molar-refractivity contribution in [2.45, 2.75) is 32.2 Å². The number of nitrogens with zero attached hydrogens (tertiary/aromatic N) is 4. The molecule has 1 aromatic rings. The van der Waals surface area contributed by atoms with Crippen molar-refractivity contribution >= 4 is 0 Å². The van der Waals surface area contributed by atoms with E-state index in [4.69, 9.17) is 5.26 Å². The SMILES string of the molecule is CCn1cc(C2CCN(CC#N)CC2)cn1. The number of hydrogen-bond donors (Lipinski definition) is 0. The van der Waals surface area contributed by atoms with Crippen molar-refractivity contribution in [1.29, 1.82) is 5.26 Å². The van der Waals surface area contributed by atoms with Gasteiger partial charge in [-0.2, -0.15) is 10.4 Å². The van der Waals surface area contributed by atoms with Crippen molar-refractivity contribution in [3.63, 3.8) is 0 Å². The van der Waals surface area contributed by atoms with Crippen LogP contribution in [0.5, 0.6) is 0 Å². The number of aromatic nitrogens is 2. The van der Waals surface area contributed by atoms with E-state index >= 15 is 0 Å². The van der Waals surface area contributed by atoms with Crippen LogP contribution in [0.3, 0.4) is 0 Å². The first-order valence-corrected chi connectivity index (χ1v) is 5.95. The largest absolute Gasteiger partial charge is 0.291 e. The van der Waals surface area contributed by atoms with Crippen LogP contribution >= 0.6 is 0 Å². The fraction of sp³-hybridized carbons (Fsp3) is 0.667. The third kappa shape index (κ3) is 2.42. The molecule has 1 aliphatic rings. The lowest BCUT2D eigenvalue weighted by Gasteiger charge is -2.29. The highest BCUT2D eigenvalue weighted by atomic mass is 15.3. The zero-order valence-electron chi connectivity index (χ0n) is 9.76. The zero-order valence-corrected chi connectivity index (χ0v) is 9.76. The predicted molar refractivity (Wildman–Crippen MR) is 61.9 cm³/mol. The highest BCUT2D eigenvalue weighted by Gasteiger charge is 2.21. The molecular formula is C12H18N4. The molecule has 86 valence electrons. The molecule has 0 unspecified atom stereocenters. The van der Waals surface area contributed by atoms with Crippen LogP contribution in [0.25, 0.3) is 0 Å². The van der Waals surface area contributed by atoms with E-state index in [1.54, 1.807) is 0 Å². The molecule has 4 nitrogen and oxygen atoms in total. The summed E-state index contributed by atoms with van der Waals surface area (Å²) < 4.78 is 1.98. The predicted octanol–water partition coefficient (Wildman–Crippen LogP) is 1.61. The molecule has 0 spiro atoms. The maximum atomic E-state index is 8.63. The van der Waals surface area contributed by atoms with Crippen LogP contribution in [0.4, 0.5) is 0 Å². The molecule has 4 heteroatoms. The van der Waals surface area contributed by atoms with Crippen LogP contribution in [0, 0.1) is 11.3 Å². The van der Waals surface area contributed by atoms with Gasteiger partial charge in [0.05, 0.1) is 18.8 Å². The van der Waals surface area contributed by atoms with Gasteiger partial charge in [-0.3, -0.25) is 9.58 Å². The fourth-order valence-electron chi connectivity index (χ4n) is 2.29. The molecule has 2 heterocycles. The van der Waals surface area contributed by atoms with E-state index in [2.05, 4.69) is 29.2 Å². The molecule has 0 aromatic carbocycles. The zero-order chi connectivity index (χ0) is 11.4. The van der Waals surface area contributed by atoms with Gasteiger partial charge in [-0.25, -0.2) is 0 Å². The van der Waals surface area contributed by atoms with Gasteiger partial charge in [0.1, 0.15) is 0 Å². The summed E-state index contributed by atoms with van der Waals surface area (Å²) in [7, 11) is 0. The standard InChI is InChI=1S/C12H18N4/c1-2-16-10-12(9-14-16)11-3-6-15(7-4-11)8-5-13/h9-11H,2-4,6-8H2,1H3. The monoisotopic (exact) mass is 218 g/mol. The van der Waals surface area contributed by atoms with Crippen molar-refractivity contribution in [1.82, 2.24) is 14.7 Å². The second kappa shape index (κ2) is 5.13. The van der Waals surface area contributed by atoms with Crippen molar-refractivity contribution in [3.8, 4) is 6.07 Å². The van der Waals surface area contributed by atoms with Gasteiger partial charge >= 0.3 is 0 Å². The van der Waals surface area contributed by atoms with Crippen molar-refractivity contribution in [2.75, 3.05) is 19.6 Å². The average Bonchev–Trinajstić information content (AvgIpc) is 2.79. The Morgan fingerprint density at radius 3 is 2.81 bits per heavy atom. The van der Waals surface area contributed by atoms with Gasteiger partial charge in [-0.15, -0.1) is 0 Å². The maximum Gasteiger partial charge on any atom is 0.0865 e. The Balaban J connectivity index is 1.91.